The lowest BCUT2D eigenvalue weighted by Crippen LogP contribution is -2.53. The molecule has 0 radical (unpaired) electrons. The predicted octanol–water partition coefficient (Wildman–Crippen LogP) is 1.66. The number of aryl methyl sites for hydroxylation is 2. The zero-order chi connectivity index (χ0) is 21.5. The van der Waals surface area contributed by atoms with E-state index in [4.69, 9.17) is 16.3 Å². The first-order chi connectivity index (χ1) is 14.5. The lowest BCUT2D eigenvalue weighted by molar-refractivity contribution is -0.138. The normalized spacial score (nSPS) is 18.4. The van der Waals surface area contributed by atoms with Crippen molar-refractivity contribution in [2.24, 2.45) is 0 Å². The molecule has 2 aliphatic rings. The van der Waals surface area contributed by atoms with E-state index in [0.717, 1.165) is 43.7 Å². The van der Waals surface area contributed by atoms with Gasteiger partial charge in [-0.05, 0) is 19.4 Å². The third-order valence-electron chi connectivity index (χ3n) is 5.63. The number of amides is 2. The van der Waals surface area contributed by atoms with Gasteiger partial charge in [0.2, 0.25) is 11.8 Å². The van der Waals surface area contributed by atoms with Crippen molar-refractivity contribution in [2.75, 3.05) is 59.0 Å². The van der Waals surface area contributed by atoms with Crippen LogP contribution in [0.4, 0.5) is 0 Å². The van der Waals surface area contributed by atoms with Gasteiger partial charge in [-0.3, -0.25) is 19.2 Å². The van der Waals surface area contributed by atoms with Crippen molar-refractivity contribution in [1.29, 1.82) is 0 Å². The molecule has 1 aromatic rings. The van der Waals surface area contributed by atoms with E-state index in [1.165, 1.54) is 0 Å². The van der Waals surface area contributed by atoms with Crippen LogP contribution in [0, 0.1) is 6.92 Å². The van der Waals surface area contributed by atoms with Gasteiger partial charge in [-0.1, -0.05) is 24.9 Å². The Hall–Kier alpha value is -1.90. The largest absolute Gasteiger partial charge is 0.379 e. The van der Waals surface area contributed by atoms with Crippen LogP contribution in [-0.4, -0.2) is 95.3 Å². The molecule has 0 spiro atoms. The Morgan fingerprint density at radius 3 is 2.43 bits per heavy atom. The topological polar surface area (TPSA) is 70.9 Å². The number of rotatable bonds is 7. The van der Waals surface area contributed by atoms with Crippen molar-refractivity contribution < 1.29 is 14.3 Å². The van der Waals surface area contributed by atoms with Gasteiger partial charge in [0, 0.05) is 57.5 Å². The Labute approximate surface area is 183 Å². The first-order valence-electron chi connectivity index (χ1n) is 10.8. The number of carbonyl (C=O) groups excluding carboxylic acids is 2. The van der Waals surface area contributed by atoms with Crippen LogP contribution in [0.3, 0.4) is 0 Å². The van der Waals surface area contributed by atoms with Crippen LogP contribution in [0.25, 0.3) is 6.08 Å². The van der Waals surface area contributed by atoms with Gasteiger partial charge in [-0.15, -0.1) is 0 Å². The molecule has 1 aromatic heterocycles. The number of morpholine rings is 1. The van der Waals surface area contributed by atoms with E-state index < -0.39 is 0 Å². The minimum Gasteiger partial charge on any atom is -0.379 e. The van der Waals surface area contributed by atoms with Crippen LogP contribution in [0.2, 0.25) is 5.15 Å². The molecule has 0 unspecified atom stereocenters. The minimum absolute atomic E-state index is 0.0629. The lowest BCUT2D eigenvalue weighted by Gasteiger charge is -2.36. The highest BCUT2D eigenvalue weighted by Crippen LogP contribution is 2.22. The molecule has 8 nitrogen and oxygen atoms in total. The van der Waals surface area contributed by atoms with Crippen molar-refractivity contribution in [3.8, 4) is 0 Å². The summed E-state index contributed by atoms with van der Waals surface area (Å²) >= 11 is 6.44. The summed E-state index contributed by atoms with van der Waals surface area (Å²) in [6.07, 6.45) is 5.40. The van der Waals surface area contributed by atoms with Crippen LogP contribution < -0.4 is 0 Å². The summed E-state index contributed by atoms with van der Waals surface area (Å²) in [5, 5.41) is 5.04. The highest BCUT2D eigenvalue weighted by Gasteiger charge is 2.25. The zero-order valence-electron chi connectivity index (χ0n) is 18.0. The second-order valence-corrected chi connectivity index (χ2v) is 8.15. The minimum atomic E-state index is -0.0629. The van der Waals surface area contributed by atoms with E-state index >= 15 is 0 Å². The number of piperazine rings is 1. The summed E-state index contributed by atoms with van der Waals surface area (Å²) in [4.78, 5) is 30.9. The molecule has 166 valence electrons. The first-order valence-corrected chi connectivity index (χ1v) is 11.1. The molecule has 9 heteroatoms. The molecule has 2 saturated heterocycles. The van der Waals surface area contributed by atoms with Crippen molar-refractivity contribution in [1.82, 2.24) is 24.5 Å². The molecule has 0 aliphatic carbocycles. The SMILES string of the molecule is CCCCn1nc(C)c(/C=C/C(=O)N2CCN(C(=O)CN3CCOCC3)CC2)c1Cl. The quantitative estimate of drug-likeness (QED) is 0.607. The standard InChI is InChI=1S/C21H32ClN5O3/c1-3-4-7-27-21(22)18(17(2)23-27)5-6-19(28)25-8-10-26(11-9-25)20(29)16-24-12-14-30-15-13-24/h5-6H,3-4,7-16H2,1-2H3/b6-5+. The van der Waals surface area contributed by atoms with E-state index in [2.05, 4.69) is 16.9 Å². The molecule has 0 atom stereocenters. The smallest absolute Gasteiger partial charge is 0.246 e. The van der Waals surface area contributed by atoms with Gasteiger partial charge < -0.3 is 14.5 Å². The monoisotopic (exact) mass is 437 g/mol. The third kappa shape index (κ3) is 5.83. The maximum atomic E-state index is 12.6. The molecule has 2 aliphatic heterocycles. The summed E-state index contributed by atoms with van der Waals surface area (Å²) in [6, 6.07) is 0. The Morgan fingerprint density at radius 1 is 1.10 bits per heavy atom. The van der Waals surface area contributed by atoms with Crippen LogP contribution >= 0.6 is 11.6 Å². The number of nitrogens with zero attached hydrogens (tertiary/aromatic N) is 5. The number of aromatic nitrogens is 2. The Morgan fingerprint density at radius 2 is 1.77 bits per heavy atom. The molecule has 3 heterocycles. The number of unbranched alkanes of at least 4 members (excludes halogenated alkanes) is 1. The van der Waals surface area contributed by atoms with Crippen LogP contribution in [0.1, 0.15) is 31.0 Å². The van der Waals surface area contributed by atoms with E-state index in [1.54, 1.807) is 21.7 Å². The number of halogens is 1. The molecule has 30 heavy (non-hydrogen) atoms. The molecule has 0 saturated carbocycles. The third-order valence-corrected chi connectivity index (χ3v) is 6.03. The van der Waals surface area contributed by atoms with Crippen LogP contribution in [-0.2, 0) is 20.9 Å². The van der Waals surface area contributed by atoms with Gasteiger partial charge >= 0.3 is 0 Å². The molecule has 0 bridgehead atoms. The van der Waals surface area contributed by atoms with Crippen molar-refractivity contribution >= 4 is 29.5 Å². The number of ether oxygens (including phenoxy) is 1. The van der Waals surface area contributed by atoms with E-state index in [1.807, 2.05) is 11.8 Å². The van der Waals surface area contributed by atoms with Crippen molar-refractivity contribution in [3.05, 3.63) is 22.5 Å². The molecular formula is C21H32ClN5O3. The highest BCUT2D eigenvalue weighted by molar-refractivity contribution is 6.31. The van der Waals surface area contributed by atoms with Crippen LogP contribution in [0.15, 0.2) is 6.08 Å². The fourth-order valence-electron chi connectivity index (χ4n) is 3.70. The molecule has 2 amide bonds. The Balaban J connectivity index is 1.49. The van der Waals surface area contributed by atoms with Gasteiger partial charge in [0.15, 0.2) is 0 Å². The average molecular weight is 438 g/mol. The summed E-state index contributed by atoms with van der Waals surface area (Å²) in [6.45, 7) is 10.4. The molecule has 3 rings (SSSR count). The van der Waals surface area contributed by atoms with Gasteiger partial charge in [-0.2, -0.15) is 5.10 Å². The van der Waals surface area contributed by atoms with E-state index in [9.17, 15) is 9.59 Å². The second kappa shape index (κ2) is 10.9. The fraction of sp³-hybridized carbons (Fsp3) is 0.667. The average Bonchev–Trinajstić information content (AvgIpc) is 3.03. The van der Waals surface area contributed by atoms with Crippen molar-refractivity contribution in [2.45, 2.75) is 33.2 Å². The number of carbonyl (C=O) groups is 2. The van der Waals surface area contributed by atoms with Crippen molar-refractivity contribution in [3.63, 3.8) is 0 Å². The van der Waals surface area contributed by atoms with Gasteiger partial charge in [-0.25, -0.2) is 0 Å². The summed E-state index contributed by atoms with van der Waals surface area (Å²) < 4.78 is 7.12. The predicted molar refractivity (Wildman–Crippen MR) is 116 cm³/mol. The number of hydrogen-bond acceptors (Lipinski definition) is 5. The van der Waals surface area contributed by atoms with Gasteiger partial charge in [0.25, 0.3) is 0 Å². The van der Waals surface area contributed by atoms with E-state index in [0.29, 0.717) is 51.1 Å². The maximum Gasteiger partial charge on any atom is 0.246 e. The lowest BCUT2D eigenvalue weighted by atomic mass is 10.2. The summed E-state index contributed by atoms with van der Waals surface area (Å²) in [5.74, 6) is 0.0634. The Kier molecular flexibility index (Phi) is 8.30. The molecule has 0 aromatic carbocycles. The Bertz CT molecular complexity index is 765. The van der Waals surface area contributed by atoms with Gasteiger partial charge in [0.05, 0.1) is 25.5 Å². The summed E-state index contributed by atoms with van der Waals surface area (Å²) in [7, 11) is 0. The van der Waals surface area contributed by atoms with Gasteiger partial charge in [0.1, 0.15) is 5.15 Å². The summed E-state index contributed by atoms with van der Waals surface area (Å²) in [5.41, 5.74) is 1.61. The molecule has 0 N–H and O–H groups in total. The second-order valence-electron chi connectivity index (χ2n) is 7.79. The van der Waals surface area contributed by atoms with Crippen LogP contribution in [0.5, 0.6) is 0 Å². The number of hydrogen-bond donors (Lipinski definition) is 0. The fourth-order valence-corrected chi connectivity index (χ4v) is 4.02. The zero-order valence-corrected chi connectivity index (χ0v) is 18.7. The molecule has 2 fully saturated rings. The first kappa shape index (κ1) is 22.8. The highest BCUT2D eigenvalue weighted by atomic mass is 35.5. The van der Waals surface area contributed by atoms with E-state index in [-0.39, 0.29) is 11.8 Å². The maximum absolute atomic E-state index is 12.6. The molecular weight excluding hydrogens is 406 g/mol.